The van der Waals surface area contributed by atoms with Gasteiger partial charge in [-0.1, -0.05) is 12.1 Å². The van der Waals surface area contributed by atoms with E-state index in [9.17, 15) is 23.4 Å². The first-order valence-corrected chi connectivity index (χ1v) is 7.54. The van der Waals surface area contributed by atoms with Gasteiger partial charge in [0.2, 0.25) is 5.92 Å². The summed E-state index contributed by atoms with van der Waals surface area (Å²) in [7, 11) is -1.23. The maximum Gasteiger partial charge on any atom is 0.526 e. The minimum Gasteiger partial charge on any atom is -0.535 e. The number of benzene rings is 1. The molecule has 1 aromatic rings. The van der Waals surface area contributed by atoms with Crippen molar-refractivity contribution in [2.75, 3.05) is 0 Å². The summed E-state index contributed by atoms with van der Waals surface area (Å²) >= 11 is 0. The van der Waals surface area contributed by atoms with Crippen LogP contribution in [0.25, 0.3) is 0 Å². The lowest BCUT2D eigenvalue weighted by molar-refractivity contribution is -0.121. The predicted molar refractivity (Wildman–Crippen MR) is 82.0 cm³/mol. The zero-order valence-corrected chi connectivity index (χ0v) is 13.1. The topological polar surface area (TPSA) is 63.6 Å². The van der Waals surface area contributed by atoms with E-state index in [0.29, 0.717) is 17.7 Å². The van der Waals surface area contributed by atoms with E-state index in [1.54, 1.807) is 18.2 Å². The molecule has 124 valence electrons. The van der Waals surface area contributed by atoms with E-state index in [1.165, 1.54) is 6.92 Å². The van der Waals surface area contributed by atoms with Crippen LogP contribution in [0.4, 0.5) is 8.78 Å². The zero-order chi connectivity index (χ0) is 17.2. The number of alkyl halides is 2. The first-order chi connectivity index (χ1) is 10.7. The SMILES string of the molecule is CC(=O)c1cccc2c1OB(O)[C@@H](CC(=O)CCC(C)(F)F)C2. The van der Waals surface area contributed by atoms with Crippen molar-refractivity contribution in [1.29, 1.82) is 0 Å². The van der Waals surface area contributed by atoms with Gasteiger partial charge in [0.05, 0.1) is 5.56 Å². The highest BCUT2D eigenvalue weighted by molar-refractivity contribution is 6.47. The number of hydrogen-bond acceptors (Lipinski definition) is 4. The summed E-state index contributed by atoms with van der Waals surface area (Å²) in [6.45, 7) is 2.18. The molecule has 0 radical (unpaired) electrons. The molecule has 1 heterocycles. The second-order valence-corrected chi connectivity index (χ2v) is 6.14. The standard InChI is InChI=1S/C16H19BF2O4/c1-10(20)14-5-3-4-11-8-12(17(22)23-15(11)14)9-13(21)6-7-16(2,18)19/h3-5,12,22H,6-9H2,1-2H3/t12-/m1/s1. The molecule has 4 nitrogen and oxygen atoms in total. The number of Topliss-reactive ketones (excluding diaryl/α,β-unsaturated/α-hetero) is 2. The van der Waals surface area contributed by atoms with Gasteiger partial charge in [-0.15, -0.1) is 0 Å². The van der Waals surface area contributed by atoms with Gasteiger partial charge in [0.15, 0.2) is 5.78 Å². The Labute approximate surface area is 134 Å². The van der Waals surface area contributed by atoms with E-state index in [-0.39, 0.29) is 24.4 Å². The third-order valence-corrected chi connectivity index (χ3v) is 3.93. The third kappa shape index (κ3) is 4.61. The highest BCUT2D eigenvalue weighted by atomic mass is 19.3. The number of halogens is 2. The highest BCUT2D eigenvalue weighted by Gasteiger charge is 2.37. The summed E-state index contributed by atoms with van der Waals surface area (Å²) in [5.74, 6) is -3.53. The van der Waals surface area contributed by atoms with Gasteiger partial charge in [-0.25, -0.2) is 8.78 Å². The van der Waals surface area contributed by atoms with E-state index < -0.39 is 25.3 Å². The minimum absolute atomic E-state index is 0.0268. The van der Waals surface area contributed by atoms with Crippen LogP contribution in [0.1, 0.15) is 49.0 Å². The quantitative estimate of drug-likeness (QED) is 0.645. The van der Waals surface area contributed by atoms with Crippen LogP contribution >= 0.6 is 0 Å². The van der Waals surface area contributed by atoms with Crippen LogP contribution in [0.2, 0.25) is 5.82 Å². The molecule has 7 heteroatoms. The summed E-state index contributed by atoms with van der Waals surface area (Å²) in [5.41, 5.74) is 1.12. The molecule has 1 aromatic carbocycles. The van der Waals surface area contributed by atoms with Crippen LogP contribution < -0.4 is 4.65 Å². The van der Waals surface area contributed by atoms with Crippen molar-refractivity contribution in [2.45, 2.75) is 51.3 Å². The van der Waals surface area contributed by atoms with Gasteiger partial charge in [0, 0.05) is 25.1 Å². The number of fused-ring (bicyclic) bond motifs is 1. The molecule has 1 N–H and O–H groups in total. The second-order valence-electron chi connectivity index (χ2n) is 6.14. The van der Waals surface area contributed by atoms with Crippen molar-refractivity contribution < 1.29 is 28.0 Å². The summed E-state index contributed by atoms with van der Waals surface area (Å²) in [6, 6.07) is 5.10. The fourth-order valence-electron chi connectivity index (χ4n) is 2.69. The molecule has 0 saturated carbocycles. The largest absolute Gasteiger partial charge is 0.535 e. The van der Waals surface area contributed by atoms with E-state index in [4.69, 9.17) is 4.65 Å². The number of rotatable bonds is 6. The van der Waals surface area contributed by atoms with Gasteiger partial charge in [0.1, 0.15) is 11.5 Å². The third-order valence-electron chi connectivity index (χ3n) is 3.93. The Bertz CT molecular complexity index is 613. The molecule has 0 spiro atoms. The molecule has 0 saturated heterocycles. The Hall–Kier alpha value is -1.76. The fourth-order valence-corrected chi connectivity index (χ4v) is 2.69. The summed E-state index contributed by atoms with van der Waals surface area (Å²) in [5, 5.41) is 10.1. The zero-order valence-electron chi connectivity index (χ0n) is 13.1. The minimum atomic E-state index is -2.87. The maximum atomic E-state index is 12.8. The lowest BCUT2D eigenvalue weighted by Gasteiger charge is -2.28. The monoisotopic (exact) mass is 324 g/mol. The average Bonchev–Trinajstić information content (AvgIpc) is 2.44. The average molecular weight is 324 g/mol. The summed E-state index contributed by atoms with van der Waals surface area (Å²) < 4.78 is 31.0. The van der Waals surface area contributed by atoms with Crippen LogP contribution in [0.5, 0.6) is 5.75 Å². The molecule has 23 heavy (non-hydrogen) atoms. The molecule has 2 rings (SSSR count). The molecule has 0 aromatic heterocycles. The van der Waals surface area contributed by atoms with Gasteiger partial charge in [0.25, 0.3) is 0 Å². The number of carbonyl (C=O) groups excluding carboxylic acids is 2. The van der Waals surface area contributed by atoms with Crippen LogP contribution in [-0.4, -0.2) is 29.6 Å². The first kappa shape index (κ1) is 17.6. The molecule has 0 bridgehead atoms. The normalized spacial score (nSPS) is 17.4. The van der Waals surface area contributed by atoms with Gasteiger partial charge < -0.3 is 9.68 Å². The van der Waals surface area contributed by atoms with Crippen LogP contribution in [0.15, 0.2) is 18.2 Å². The van der Waals surface area contributed by atoms with Gasteiger partial charge in [-0.3, -0.25) is 9.59 Å². The molecule has 1 aliphatic rings. The van der Waals surface area contributed by atoms with Crippen molar-refractivity contribution in [3.05, 3.63) is 29.3 Å². The van der Waals surface area contributed by atoms with Crippen molar-refractivity contribution in [1.82, 2.24) is 0 Å². The Balaban J connectivity index is 2.06. The Kier molecular flexibility index (Phi) is 5.19. The van der Waals surface area contributed by atoms with E-state index >= 15 is 0 Å². The highest BCUT2D eigenvalue weighted by Crippen LogP contribution is 2.36. The van der Waals surface area contributed by atoms with Crippen molar-refractivity contribution in [3.63, 3.8) is 0 Å². The predicted octanol–water partition coefficient (Wildman–Crippen LogP) is 3.07. The van der Waals surface area contributed by atoms with Crippen LogP contribution in [0.3, 0.4) is 0 Å². The maximum absolute atomic E-state index is 12.8. The smallest absolute Gasteiger partial charge is 0.526 e. The number of ketones is 2. The molecule has 0 amide bonds. The Morgan fingerprint density at radius 3 is 2.74 bits per heavy atom. The molecule has 0 fully saturated rings. The lowest BCUT2D eigenvalue weighted by Crippen LogP contribution is -2.35. The number of para-hydroxylation sites is 1. The van der Waals surface area contributed by atoms with Crippen LogP contribution in [-0.2, 0) is 11.2 Å². The molecule has 0 aliphatic carbocycles. The Morgan fingerprint density at radius 1 is 1.43 bits per heavy atom. The van der Waals surface area contributed by atoms with Crippen molar-refractivity contribution >= 4 is 18.7 Å². The second kappa shape index (κ2) is 6.78. The van der Waals surface area contributed by atoms with Gasteiger partial charge >= 0.3 is 7.12 Å². The van der Waals surface area contributed by atoms with E-state index in [1.807, 2.05) is 0 Å². The van der Waals surface area contributed by atoms with Crippen LogP contribution in [0, 0.1) is 0 Å². The Morgan fingerprint density at radius 2 is 2.13 bits per heavy atom. The van der Waals surface area contributed by atoms with Gasteiger partial charge in [-0.05, 0) is 31.9 Å². The summed E-state index contributed by atoms with van der Waals surface area (Å²) in [4.78, 5) is 23.4. The van der Waals surface area contributed by atoms with E-state index in [0.717, 1.165) is 12.5 Å². The first-order valence-electron chi connectivity index (χ1n) is 7.54. The van der Waals surface area contributed by atoms with Crippen molar-refractivity contribution in [3.8, 4) is 5.75 Å². The molecule has 0 unspecified atom stereocenters. The fraction of sp³-hybridized carbons (Fsp3) is 0.500. The summed E-state index contributed by atoms with van der Waals surface area (Å²) in [6.07, 6.45) is -0.388. The molecule has 1 atom stereocenters. The number of carbonyl (C=O) groups is 2. The number of hydrogen-bond donors (Lipinski definition) is 1. The molecule has 1 aliphatic heterocycles. The van der Waals surface area contributed by atoms with Gasteiger partial charge in [-0.2, -0.15) is 0 Å². The molecular formula is C16H19BF2O4. The molecular weight excluding hydrogens is 305 g/mol. The van der Waals surface area contributed by atoms with E-state index in [2.05, 4.69) is 0 Å². The lowest BCUT2D eigenvalue weighted by atomic mass is 9.64. The van der Waals surface area contributed by atoms with Crippen molar-refractivity contribution in [2.24, 2.45) is 0 Å².